The molecule has 0 radical (unpaired) electrons. The number of piperidine rings is 1. The first-order valence-corrected chi connectivity index (χ1v) is 8.63. The van der Waals surface area contributed by atoms with Gasteiger partial charge in [-0.1, -0.05) is 0 Å². The maximum atomic E-state index is 12.4. The number of thiazole rings is 1. The van der Waals surface area contributed by atoms with Crippen LogP contribution in [0.3, 0.4) is 0 Å². The van der Waals surface area contributed by atoms with E-state index in [0.717, 1.165) is 35.7 Å². The molecule has 23 heavy (non-hydrogen) atoms. The summed E-state index contributed by atoms with van der Waals surface area (Å²) in [7, 11) is 1.64. The highest BCUT2D eigenvalue weighted by molar-refractivity contribution is 7.16. The third kappa shape index (κ3) is 3.71. The molecule has 2 N–H and O–H groups in total. The third-order valence-corrected chi connectivity index (χ3v) is 5.19. The molecule has 0 spiro atoms. The first kappa shape index (κ1) is 16.0. The van der Waals surface area contributed by atoms with Crippen molar-refractivity contribution in [2.24, 2.45) is 0 Å². The van der Waals surface area contributed by atoms with Crippen LogP contribution in [0.2, 0.25) is 0 Å². The van der Waals surface area contributed by atoms with Gasteiger partial charge in [0.05, 0.1) is 13.3 Å². The molecule has 1 aromatic carbocycles. The van der Waals surface area contributed by atoms with Crippen LogP contribution in [0.15, 0.2) is 30.5 Å². The molecule has 0 aliphatic carbocycles. The van der Waals surface area contributed by atoms with E-state index >= 15 is 0 Å². The van der Waals surface area contributed by atoms with E-state index in [4.69, 9.17) is 4.74 Å². The van der Waals surface area contributed by atoms with Crippen molar-refractivity contribution in [2.75, 3.05) is 13.7 Å². The van der Waals surface area contributed by atoms with Crippen molar-refractivity contribution in [3.8, 4) is 16.3 Å². The van der Waals surface area contributed by atoms with Crippen LogP contribution in [-0.4, -0.2) is 36.6 Å². The van der Waals surface area contributed by atoms with Crippen molar-refractivity contribution in [3.05, 3.63) is 35.3 Å². The minimum Gasteiger partial charge on any atom is -0.497 e. The number of hydrogen-bond donors (Lipinski definition) is 2. The van der Waals surface area contributed by atoms with Crippen LogP contribution in [0.25, 0.3) is 10.6 Å². The summed E-state index contributed by atoms with van der Waals surface area (Å²) in [5.74, 6) is 0.768. The fraction of sp³-hybridized carbons (Fsp3) is 0.412. The highest BCUT2D eigenvalue weighted by Gasteiger charge is 2.23. The molecular weight excluding hydrogens is 310 g/mol. The number of rotatable bonds is 4. The van der Waals surface area contributed by atoms with Crippen molar-refractivity contribution in [1.29, 1.82) is 0 Å². The molecule has 1 aliphatic heterocycles. The van der Waals surface area contributed by atoms with Gasteiger partial charge in [0.15, 0.2) is 0 Å². The van der Waals surface area contributed by atoms with Crippen LogP contribution in [0.1, 0.15) is 29.4 Å². The Balaban J connectivity index is 1.69. The fourth-order valence-corrected chi connectivity index (χ4v) is 3.55. The van der Waals surface area contributed by atoms with Crippen molar-refractivity contribution in [3.63, 3.8) is 0 Å². The highest BCUT2D eigenvalue weighted by Crippen LogP contribution is 2.27. The minimum atomic E-state index is -0.0391. The zero-order valence-electron chi connectivity index (χ0n) is 13.3. The molecule has 122 valence electrons. The summed E-state index contributed by atoms with van der Waals surface area (Å²) in [5, 5.41) is 7.35. The van der Waals surface area contributed by atoms with Crippen LogP contribution < -0.4 is 15.4 Å². The van der Waals surface area contributed by atoms with E-state index in [1.165, 1.54) is 11.3 Å². The number of nitrogens with zero attached hydrogens (tertiary/aromatic N) is 1. The molecule has 2 unspecified atom stereocenters. The topological polar surface area (TPSA) is 63.2 Å². The van der Waals surface area contributed by atoms with Crippen LogP contribution in [0.4, 0.5) is 0 Å². The Hall–Kier alpha value is -1.92. The van der Waals surface area contributed by atoms with Crippen LogP contribution in [0, 0.1) is 0 Å². The molecule has 2 atom stereocenters. The number of carbonyl (C=O) groups is 1. The lowest BCUT2D eigenvalue weighted by Crippen LogP contribution is -2.51. The van der Waals surface area contributed by atoms with E-state index in [1.807, 2.05) is 24.3 Å². The summed E-state index contributed by atoms with van der Waals surface area (Å²) in [5.41, 5.74) is 0.988. The van der Waals surface area contributed by atoms with E-state index in [2.05, 4.69) is 22.5 Å². The number of ether oxygens (including phenoxy) is 1. The Kier molecular flexibility index (Phi) is 4.93. The number of hydrogen-bond acceptors (Lipinski definition) is 5. The zero-order valence-corrected chi connectivity index (χ0v) is 14.2. The lowest BCUT2D eigenvalue weighted by Gasteiger charge is -2.30. The average Bonchev–Trinajstić information content (AvgIpc) is 3.07. The summed E-state index contributed by atoms with van der Waals surface area (Å²) in [6, 6.07) is 8.18. The normalized spacial score (nSPS) is 21.0. The lowest BCUT2D eigenvalue weighted by atomic mass is 10.00. The van der Waals surface area contributed by atoms with Gasteiger partial charge >= 0.3 is 0 Å². The van der Waals surface area contributed by atoms with Gasteiger partial charge in [-0.05, 0) is 50.6 Å². The fourth-order valence-electron chi connectivity index (χ4n) is 2.73. The number of aromatic nitrogens is 1. The molecule has 2 aromatic rings. The van der Waals surface area contributed by atoms with Gasteiger partial charge in [0, 0.05) is 17.6 Å². The monoisotopic (exact) mass is 331 g/mol. The van der Waals surface area contributed by atoms with Crippen LogP contribution in [0.5, 0.6) is 5.75 Å². The summed E-state index contributed by atoms with van der Waals surface area (Å²) in [4.78, 5) is 17.4. The SMILES string of the molecule is COc1ccc(-c2ncc(C(=O)NC3CCCNC3C)s2)cc1. The molecule has 5 nitrogen and oxygen atoms in total. The summed E-state index contributed by atoms with van der Waals surface area (Å²) >= 11 is 1.41. The molecule has 1 amide bonds. The lowest BCUT2D eigenvalue weighted by molar-refractivity contribution is 0.0924. The second kappa shape index (κ2) is 7.10. The number of carbonyl (C=O) groups excluding carboxylic acids is 1. The predicted molar refractivity (Wildman–Crippen MR) is 92.1 cm³/mol. The van der Waals surface area contributed by atoms with Gasteiger partial charge in [-0.25, -0.2) is 4.98 Å². The Bertz CT molecular complexity index is 669. The Morgan fingerprint density at radius 2 is 2.17 bits per heavy atom. The Morgan fingerprint density at radius 1 is 1.39 bits per heavy atom. The van der Waals surface area contributed by atoms with Crippen molar-refractivity contribution in [2.45, 2.75) is 31.8 Å². The van der Waals surface area contributed by atoms with Crippen molar-refractivity contribution < 1.29 is 9.53 Å². The molecule has 1 aliphatic rings. The summed E-state index contributed by atoms with van der Waals surface area (Å²) < 4.78 is 5.16. The Morgan fingerprint density at radius 3 is 2.87 bits per heavy atom. The van der Waals surface area contributed by atoms with Crippen LogP contribution >= 0.6 is 11.3 Å². The maximum absolute atomic E-state index is 12.4. The quantitative estimate of drug-likeness (QED) is 0.904. The molecule has 3 rings (SSSR count). The second-order valence-electron chi connectivity index (χ2n) is 5.72. The smallest absolute Gasteiger partial charge is 0.263 e. The van der Waals surface area contributed by atoms with E-state index in [1.54, 1.807) is 13.3 Å². The average molecular weight is 331 g/mol. The number of methoxy groups -OCH3 is 1. The molecule has 0 saturated carbocycles. The summed E-state index contributed by atoms with van der Waals surface area (Å²) in [6.45, 7) is 3.13. The molecular formula is C17H21N3O2S. The molecule has 0 bridgehead atoms. The van der Waals surface area contributed by atoms with Gasteiger partial charge in [0.2, 0.25) is 0 Å². The Labute approximate surface area is 140 Å². The first-order chi connectivity index (χ1) is 11.2. The van der Waals surface area contributed by atoms with Gasteiger partial charge in [-0.3, -0.25) is 4.79 Å². The largest absolute Gasteiger partial charge is 0.497 e. The molecule has 1 fully saturated rings. The summed E-state index contributed by atoms with van der Waals surface area (Å²) in [6.07, 6.45) is 3.76. The number of nitrogens with one attached hydrogen (secondary N) is 2. The number of amides is 1. The van der Waals surface area contributed by atoms with Gasteiger partial charge in [-0.2, -0.15) is 0 Å². The van der Waals surface area contributed by atoms with E-state index in [-0.39, 0.29) is 11.9 Å². The number of benzene rings is 1. The van der Waals surface area contributed by atoms with Gasteiger partial charge < -0.3 is 15.4 Å². The van der Waals surface area contributed by atoms with Gasteiger partial charge in [0.1, 0.15) is 15.6 Å². The second-order valence-corrected chi connectivity index (χ2v) is 6.75. The van der Waals surface area contributed by atoms with E-state index in [0.29, 0.717) is 10.9 Å². The van der Waals surface area contributed by atoms with E-state index < -0.39 is 0 Å². The maximum Gasteiger partial charge on any atom is 0.263 e. The van der Waals surface area contributed by atoms with Crippen molar-refractivity contribution >= 4 is 17.2 Å². The van der Waals surface area contributed by atoms with E-state index in [9.17, 15) is 4.79 Å². The first-order valence-electron chi connectivity index (χ1n) is 7.82. The predicted octanol–water partition coefficient (Wildman–Crippen LogP) is 2.69. The van der Waals surface area contributed by atoms with Crippen molar-refractivity contribution in [1.82, 2.24) is 15.6 Å². The molecule has 2 heterocycles. The highest BCUT2D eigenvalue weighted by atomic mass is 32.1. The standard InChI is InChI=1S/C17H21N3O2S/c1-11-14(4-3-9-18-11)20-16(21)15-10-19-17(23-15)12-5-7-13(22-2)8-6-12/h5-8,10-11,14,18H,3-4,9H2,1-2H3,(H,20,21). The molecule has 1 saturated heterocycles. The van der Waals surface area contributed by atoms with Gasteiger partial charge in [-0.15, -0.1) is 11.3 Å². The molecule has 6 heteroatoms. The zero-order chi connectivity index (χ0) is 16.2. The van der Waals surface area contributed by atoms with Crippen LogP contribution in [-0.2, 0) is 0 Å². The minimum absolute atomic E-state index is 0.0391. The third-order valence-electron chi connectivity index (χ3n) is 4.14. The molecule has 1 aromatic heterocycles. The van der Waals surface area contributed by atoms with Gasteiger partial charge in [0.25, 0.3) is 5.91 Å².